The fourth-order valence-electron chi connectivity index (χ4n) is 1.80. The molecule has 0 saturated carbocycles. The molecule has 122 valence electrons. The zero-order valence-electron chi connectivity index (χ0n) is 11.7. The molecular weight excluding hydrogens is 314 g/mol. The van der Waals surface area contributed by atoms with E-state index in [-0.39, 0.29) is 6.61 Å². The number of nitro groups is 1. The molecule has 1 fully saturated rings. The van der Waals surface area contributed by atoms with Gasteiger partial charge in [-0.3, -0.25) is 14.4 Å². The second-order valence-electron chi connectivity index (χ2n) is 4.52. The summed E-state index contributed by atoms with van der Waals surface area (Å²) < 4.78 is 10.1. The fraction of sp³-hybridized carbons (Fsp3) is 0.455. The summed E-state index contributed by atoms with van der Waals surface area (Å²) >= 11 is 0. The molecule has 23 heavy (non-hydrogen) atoms. The Bertz CT molecular complexity index is 604. The zero-order chi connectivity index (χ0) is 17.1. The van der Waals surface area contributed by atoms with Crippen LogP contribution in [0.4, 0.5) is 0 Å². The summed E-state index contributed by atoms with van der Waals surface area (Å²) in [5.74, 6) is -4.17. The van der Waals surface area contributed by atoms with E-state index in [1.807, 2.05) is 0 Å². The second-order valence-corrected chi connectivity index (χ2v) is 4.52. The third-order valence-electron chi connectivity index (χ3n) is 2.88. The van der Waals surface area contributed by atoms with Crippen LogP contribution in [-0.2, 0) is 23.9 Å². The number of rotatable bonds is 4. The van der Waals surface area contributed by atoms with E-state index in [9.17, 15) is 24.5 Å². The van der Waals surface area contributed by atoms with E-state index in [1.165, 1.54) is 19.8 Å². The van der Waals surface area contributed by atoms with E-state index in [4.69, 9.17) is 14.9 Å². The van der Waals surface area contributed by atoms with Crippen LogP contribution in [0.25, 0.3) is 0 Å². The van der Waals surface area contributed by atoms with Crippen molar-refractivity contribution in [2.45, 2.75) is 25.3 Å². The Morgan fingerprint density at radius 3 is 2.83 bits per heavy atom. The van der Waals surface area contributed by atoms with Crippen molar-refractivity contribution in [1.29, 1.82) is 5.41 Å². The number of amidine groups is 1. The molecule has 0 bridgehead atoms. The normalized spacial score (nSPS) is 27.2. The highest BCUT2D eigenvalue weighted by atomic mass is 16.6. The lowest BCUT2D eigenvalue weighted by Gasteiger charge is -2.25. The van der Waals surface area contributed by atoms with Gasteiger partial charge in [0.1, 0.15) is 6.61 Å². The van der Waals surface area contributed by atoms with Crippen molar-refractivity contribution in [1.82, 2.24) is 5.01 Å². The van der Waals surface area contributed by atoms with E-state index in [2.05, 4.69) is 10.3 Å². The Balaban J connectivity index is 2.02. The highest BCUT2D eigenvalue weighted by Gasteiger charge is 2.45. The summed E-state index contributed by atoms with van der Waals surface area (Å²) in [6.45, 7) is 1.14. The molecule has 2 heterocycles. The highest BCUT2D eigenvalue weighted by Crippen LogP contribution is 2.24. The lowest BCUT2D eigenvalue weighted by atomic mass is 10.1. The molecule has 0 spiro atoms. The average molecular weight is 325 g/mol. The Labute approximate surface area is 129 Å². The molecule has 3 atom stereocenters. The van der Waals surface area contributed by atoms with Crippen LogP contribution in [0.15, 0.2) is 10.3 Å². The molecule has 0 aromatic carbocycles. The van der Waals surface area contributed by atoms with Crippen LogP contribution in [0.3, 0.4) is 0 Å². The number of carbonyl (C=O) groups is 3. The minimum atomic E-state index is -1.86. The molecule has 0 aliphatic carbocycles. The van der Waals surface area contributed by atoms with Crippen molar-refractivity contribution in [3.05, 3.63) is 23.0 Å². The van der Waals surface area contributed by atoms with Gasteiger partial charge in [-0.05, 0) is 4.92 Å². The molecule has 1 saturated heterocycles. The van der Waals surface area contributed by atoms with Crippen molar-refractivity contribution in [2.75, 3.05) is 6.61 Å². The first kappa shape index (κ1) is 16.6. The van der Waals surface area contributed by atoms with Gasteiger partial charge in [0.2, 0.25) is 6.04 Å². The smallest absolute Gasteiger partial charge is 0.366 e. The summed E-state index contributed by atoms with van der Waals surface area (Å²) in [6.07, 6.45) is 1.22. The van der Waals surface area contributed by atoms with Gasteiger partial charge in [-0.1, -0.05) is 10.6 Å². The quantitative estimate of drug-likeness (QED) is 0.174. The number of Topliss-reactive ketones (excluding diaryl/α,β-unsaturated/α-hetero) is 1. The Morgan fingerprint density at radius 2 is 2.22 bits per heavy atom. The van der Waals surface area contributed by atoms with Gasteiger partial charge in [0.05, 0.1) is 6.10 Å². The molecule has 1 N–H and O–H groups in total. The molecule has 2 rings (SSSR count). The number of ketones is 1. The van der Waals surface area contributed by atoms with Crippen molar-refractivity contribution in [2.24, 2.45) is 10.3 Å². The molecule has 2 aliphatic heterocycles. The lowest BCUT2D eigenvalue weighted by Crippen LogP contribution is -2.50. The molecule has 2 radical (unpaired) electrons. The standard InChI is InChI=1S/C11H11N5O7/c1-5(17)22-4-6-2-3-7(23-6)15-11(19)9(18)8(13-14-15)10(12)16(20)21/h2-3,6-8,12H,4H2,1H3. The lowest BCUT2D eigenvalue weighted by molar-refractivity contribution is -0.355. The number of ether oxygens (including phenoxy) is 2. The van der Waals surface area contributed by atoms with Gasteiger partial charge in [0, 0.05) is 19.8 Å². The van der Waals surface area contributed by atoms with Gasteiger partial charge in [-0.25, -0.2) is 0 Å². The molecule has 0 aromatic heterocycles. The highest BCUT2D eigenvalue weighted by molar-refractivity contribution is 6.42. The minimum Gasteiger partial charge on any atom is -0.463 e. The largest absolute Gasteiger partial charge is 0.463 e. The number of hydrogen-bond donors (Lipinski definition) is 1. The third kappa shape index (κ3) is 3.53. The van der Waals surface area contributed by atoms with Gasteiger partial charge in [0.15, 0.2) is 6.23 Å². The maximum atomic E-state index is 11.9. The molecule has 0 aromatic rings. The molecular formula is C11H11N5O7. The van der Waals surface area contributed by atoms with Crippen molar-refractivity contribution >= 4 is 23.5 Å². The van der Waals surface area contributed by atoms with Crippen LogP contribution in [-0.4, -0.2) is 58.4 Å². The number of amides is 1. The number of hydrogen-bond acceptors (Lipinski definition) is 10. The van der Waals surface area contributed by atoms with Gasteiger partial charge >= 0.3 is 17.7 Å². The van der Waals surface area contributed by atoms with E-state index >= 15 is 0 Å². The topological polar surface area (TPSA) is 165 Å². The van der Waals surface area contributed by atoms with Crippen LogP contribution in [0.5, 0.6) is 0 Å². The first-order valence-corrected chi connectivity index (χ1v) is 6.29. The van der Waals surface area contributed by atoms with Gasteiger partial charge in [-0.2, -0.15) is 5.01 Å². The summed E-state index contributed by atoms with van der Waals surface area (Å²) in [5, 5.41) is 25.0. The minimum absolute atomic E-state index is 0.0793. The molecule has 3 unspecified atom stereocenters. The van der Waals surface area contributed by atoms with Crippen molar-refractivity contribution in [3.8, 4) is 0 Å². The molecule has 12 heteroatoms. The van der Waals surface area contributed by atoms with Crippen LogP contribution >= 0.6 is 0 Å². The maximum Gasteiger partial charge on any atom is 0.366 e. The van der Waals surface area contributed by atoms with Crippen LogP contribution in [0.2, 0.25) is 0 Å². The summed E-state index contributed by atoms with van der Waals surface area (Å²) in [4.78, 5) is 43.8. The third-order valence-corrected chi connectivity index (χ3v) is 2.88. The Morgan fingerprint density at radius 1 is 1.52 bits per heavy atom. The van der Waals surface area contributed by atoms with E-state index in [1.54, 1.807) is 0 Å². The Hall–Kier alpha value is -2.76. The summed E-state index contributed by atoms with van der Waals surface area (Å²) in [6, 6.07) is -1.86. The second kappa shape index (κ2) is 6.56. The van der Waals surface area contributed by atoms with Gasteiger partial charge in [0.25, 0.3) is 5.78 Å². The predicted molar refractivity (Wildman–Crippen MR) is 69.1 cm³/mol. The van der Waals surface area contributed by atoms with Crippen LogP contribution < -0.4 is 0 Å². The number of carbonyl (C=O) groups excluding carboxylic acids is 3. The predicted octanol–water partition coefficient (Wildman–Crippen LogP) is -0.916. The first-order chi connectivity index (χ1) is 10.8. The van der Waals surface area contributed by atoms with Gasteiger partial charge in [-0.15, -0.1) is 5.11 Å². The maximum absolute atomic E-state index is 11.9. The first-order valence-electron chi connectivity index (χ1n) is 6.29. The monoisotopic (exact) mass is 325 g/mol. The zero-order valence-corrected chi connectivity index (χ0v) is 11.7. The van der Waals surface area contributed by atoms with Crippen LogP contribution in [0, 0.1) is 28.4 Å². The van der Waals surface area contributed by atoms with Crippen molar-refractivity contribution in [3.63, 3.8) is 0 Å². The average Bonchev–Trinajstić information content (AvgIpc) is 2.95. The van der Waals surface area contributed by atoms with E-state index in [0.29, 0.717) is 5.01 Å². The van der Waals surface area contributed by atoms with Gasteiger partial charge < -0.3 is 19.6 Å². The van der Waals surface area contributed by atoms with E-state index in [0.717, 1.165) is 0 Å². The fourth-order valence-corrected chi connectivity index (χ4v) is 1.80. The summed E-state index contributed by atoms with van der Waals surface area (Å²) in [5.41, 5.74) is 0. The molecule has 12 nitrogen and oxygen atoms in total. The SMILES string of the molecule is CC(=O)OCC1[CH][CH]C(N2N=NC(C(=N)[N+](=O)[O-])C(=O)C2=O)O1. The Kier molecular flexibility index (Phi) is 4.74. The number of nitrogens with zero attached hydrogens (tertiary/aromatic N) is 4. The van der Waals surface area contributed by atoms with Crippen molar-refractivity contribution < 1.29 is 28.8 Å². The number of nitrogens with one attached hydrogen (secondary N) is 1. The molecule has 1 amide bonds. The van der Waals surface area contributed by atoms with Crippen LogP contribution in [0.1, 0.15) is 6.92 Å². The molecule has 2 aliphatic rings. The van der Waals surface area contributed by atoms with E-state index < -0.39 is 46.8 Å². The number of esters is 1. The summed E-state index contributed by atoms with van der Waals surface area (Å²) in [7, 11) is 0.